The van der Waals surface area contributed by atoms with Crippen LogP contribution in [0.1, 0.15) is 24.8 Å². The highest BCUT2D eigenvalue weighted by atomic mass is 19.1. The van der Waals surface area contributed by atoms with Crippen molar-refractivity contribution in [2.75, 3.05) is 13.1 Å². The van der Waals surface area contributed by atoms with E-state index in [9.17, 15) is 4.39 Å². The Morgan fingerprint density at radius 1 is 0.872 bits per heavy atom. The van der Waals surface area contributed by atoms with Gasteiger partial charge in [0.05, 0.1) is 5.52 Å². The summed E-state index contributed by atoms with van der Waals surface area (Å²) < 4.78 is 29.8. The number of imidazole rings is 1. The molecule has 0 atom stereocenters. The minimum absolute atomic E-state index is 0.291. The van der Waals surface area contributed by atoms with Gasteiger partial charge in [0.2, 0.25) is 0 Å². The molecule has 0 saturated carbocycles. The number of halogens is 2. The van der Waals surface area contributed by atoms with E-state index in [1.807, 2.05) is 12.3 Å². The fraction of sp³-hybridized carbons (Fsp3) is 0.200. The number of H-pyrrole nitrogens is 2. The highest BCUT2D eigenvalue weighted by molar-refractivity contribution is 5.97. The van der Waals surface area contributed by atoms with Gasteiger partial charge in [-0.3, -0.25) is 20.0 Å². The number of rotatable bonds is 5. The third-order valence-electron chi connectivity index (χ3n) is 7.36. The molecule has 4 aromatic heterocycles. The van der Waals surface area contributed by atoms with Gasteiger partial charge in [0.1, 0.15) is 34.1 Å². The molecule has 39 heavy (non-hydrogen) atoms. The number of benzene rings is 2. The smallest absolute Gasteiger partial charge is 0.159 e. The van der Waals surface area contributed by atoms with E-state index in [-0.39, 0.29) is 5.82 Å². The molecule has 6 aromatic rings. The van der Waals surface area contributed by atoms with Crippen molar-refractivity contribution in [1.29, 1.82) is 0 Å². The van der Waals surface area contributed by atoms with Crippen LogP contribution in [-0.4, -0.2) is 48.1 Å². The summed E-state index contributed by atoms with van der Waals surface area (Å²) in [6.07, 6.45) is 8.97. The second-order valence-electron chi connectivity index (χ2n) is 9.99. The van der Waals surface area contributed by atoms with Crippen LogP contribution in [0.3, 0.4) is 0 Å². The van der Waals surface area contributed by atoms with Crippen LogP contribution in [0.15, 0.2) is 67.1 Å². The highest BCUT2D eigenvalue weighted by Gasteiger charge is 2.20. The molecular formula is C30H25F2N7. The lowest BCUT2D eigenvalue weighted by Crippen LogP contribution is -2.29. The highest BCUT2D eigenvalue weighted by Crippen LogP contribution is 2.34. The quantitative estimate of drug-likeness (QED) is 0.271. The summed E-state index contributed by atoms with van der Waals surface area (Å²) in [5.41, 5.74) is 5.40. The largest absolute Gasteiger partial charge is 0.336 e. The molecule has 5 heterocycles. The molecule has 1 fully saturated rings. The van der Waals surface area contributed by atoms with Crippen LogP contribution in [0.2, 0.25) is 0 Å². The SMILES string of the molecule is Fc1ccccc1-c1nccc2[nH]c(-c3n[nH]c4c(F)cc(-c5cncc(CN6CCCCC6)c5)cc34)nc12. The van der Waals surface area contributed by atoms with E-state index in [2.05, 4.69) is 36.1 Å². The molecule has 7 nitrogen and oxygen atoms in total. The van der Waals surface area contributed by atoms with Crippen LogP contribution in [0.4, 0.5) is 8.78 Å². The number of nitrogens with one attached hydrogen (secondary N) is 2. The number of aromatic amines is 2. The standard InChI is InChI=1S/C30H25F2N7/c31-23-7-3-2-6-21(23)27-29-25(8-9-34-27)35-30(36-29)28-22-13-19(14-24(32)26(22)37-38-28)20-12-18(15-33-16-20)17-39-10-4-1-5-11-39/h2-3,6-9,12-16H,1,4-5,10-11,17H2,(H,35,36)(H,37,38). The first-order chi connectivity index (χ1) is 19.1. The van der Waals surface area contributed by atoms with Crippen molar-refractivity contribution < 1.29 is 8.78 Å². The van der Waals surface area contributed by atoms with Gasteiger partial charge in [-0.25, -0.2) is 13.8 Å². The number of hydrogen-bond acceptors (Lipinski definition) is 5. The molecule has 2 aromatic carbocycles. The van der Waals surface area contributed by atoms with Crippen molar-refractivity contribution in [2.45, 2.75) is 25.8 Å². The molecule has 2 N–H and O–H groups in total. The Bertz CT molecular complexity index is 1820. The third-order valence-corrected chi connectivity index (χ3v) is 7.36. The zero-order valence-corrected chi connectivity index (χ0v) is 21.1. The Kier molecular flexibility index (Phi) is 5.85. The number of aromatic nitrogens is 6. The topological polar surface area (TPSA) is 86.4 Å². The summed E-state index contributed by atoms with van der Waals surface area (Å²) in [7, 11) is 0. The van der Waals surface area contributed by atoms with Gasteiger partial charge in [-0.15, -0.1) is 0 Å². The van der Waals surface area contributed by atoms with Gasteiger partial charge >= 0.3 is 0 Å². The van der Waals surface area contributed by atoms with E-state index in [0.29, 0.717) is 50.3 Å². The fourth-order valence-electron chi connectivity index (χ4n) is 5.43. The zero-order chi connectivity index (χ0) is 26.3. The van der Waals surface area contributed by atoms with E-state index in [1.165, 1.54) is 31.4 Å². The summed E-state index contributed by atoms with van der Waals surface area (Å²) in [5, 5.41) is 7.80. The first-order valence-electron chi connectivity index (χ1n) is 13.1. The van der Waals surface area contributed by atoms with Crippen molar-refractivity contribution >= 4 is 21.9 Å². The number of nitrogens with zero attached hydrogens (tertiary/aromatic N) is 5. The fourth-order valence-corrected chi connectivity index (χ4v) is 5.43. The molecule has 0 amide bonds. The first kappa shape index (κ1) is 23.6. The second-order valence-corrected chi connectivity index (χ2v) is 9.99. The maximum atomic E-state index is 15.3. The molecule has 0 unspecified atom stereocenters. The molecule has 7 rings (SSSR count). The van der Waals surface area contributed by atoms with E-state index in [0.717, 1.165) is 30.8 Å². The molecule has 1 aliphatic rings. The first-order valence-corrected chi connectivity index (χ1v) is 13.1. The molecular weight excluding hydrogens is 496 g/mol. The lowest BCUT2D eigenvalue weighted by molar-refractivity contribution is 0.220. The minimum atomic E-state index is -0.410. The normalized spacial score (nSPS) is 14.4. The maximum Gasteiger partial charge on any atom is 0.159 e. The molecule has 0 aliphatic carbocycles. The van der Waals surface area contributed by atoms with Gasteiger partial charge in [0, 0.05) is 41.6 Å². The molecule has 0 bridgehead atoms. The van der Waals surface area contributed by atoms with Crippen molar-refractivity contribution in [3.63, 3.8) is 0 Å². The van der Waals surface area contributed by atoms with Crippen molar-refractivity contribution in [2.24, 2.45) is 0 Å². The molecule has 194 valence electrons. The van der Waals surface area contributed by atoms with Gasteiger partial charge in [0.15, 0.2) is 5.82 Å². The van der Waals surface area contributed by atoms with E-state index in [4.69, 9.17) is 4.98 Å². The Morgan fingerprint density at radius 3 is 2.62 bits per heavy atom. The van der Waals surface area contributed by atoms with Crippen molar-refractivity contribution in [3.05, 3.63) is 84.3 Å². The van der Waals surface area contributed by atoms with Crippen LogP contribution in [0.5, 0.6) is 0 Å². The van der Waals surface area contributed by atoms with Gasteiger partial charge in [0.25, 0.3) is 0 Å². The average Bonchev–Trinajstić information content (AvgIpc) is 3.59. The Labute approximate surface area is 223 Å². The molecule has 9 heteroatoms. The number of pyridine rings is 2. The number of piperidine rings is 1. The monoisotopic (exact) mass is 521 g/mol. The molecule has 1 aliphatic heterocycles. The van der Waals surface area contributed by atoms with Crippen LogP contribution in [-0.2, 0) is 6.54 Å². The van der Waals surface area contributed by atoms with Crippen molar-refractivity contribution in [1.82, 2.24) is 35.0 Å². The molecule has 0 spiro atoms. The van der Waals surface area contributed by atoms with Crippen LogP contribution < -0.4 is 0 Å². The van der Waals surface area contributed by atoms with Gasteiger partial charge < -0.3 is 4.98 Å². The number of fused-ring (bicyclic) bond motifs is 2. The van der Waals surface area contributed by atoms with Gasteiger partial charge in [-0.2, -0.15) is 5.10 Å². The van der Waals surface area contributed by atoms with Crippen LogP contribution in [0, 0.1) is 11.6 Å². The van der Waals surface area contributed by atoms with Gasteiger partial charge in [-0.1, -0.05) is 18.6 Å². The summed E-state index contributed by atoms with van der Waals surface area (Å²) in [6.45, 7) is 3.02. The van der Waals surface area contributed by atoms with Crippen molar-refractivity contribution in [3.8, 4) is 33.9 Å². The summed E-state index contributed by atoms with van der Waals surface area (Å²) >= 11 is 0. The second kappa shape index (κ2) is 9.67. The predicted octanol–water partition coefficient (Wildman–Crippen LogP) is 6.49. The van der Waals surface area contributed by atoms with Crippen LogP contribution >= 0.6 is 0 Å². The summed E-state index contributed by atoms with van der Waals surface area (Å²) in [4.78, 5) is 19.3. The zero-order valence-electron chi connectivity index (χ0n) is 21.1. The maximum absolute atomic E-state index is 15.3. The Morgan fingerprint density at radius 2 is 1.74 bits per heavy atom. The molecule has 1 saturated heterocycles. The number of hydrogen-bond donors (Lipinski definition) is 2. The summed E-state index contributed by atoms with van der Waals surface area (Å²) in [5.74, 6) is -0.349. The van der Waals surface area contributed by atoms with Crippen LogP contribution in [0.25, 0.3) is 55.8 Å². The van der Waals surface area contributed by atoms with E-state index < -0.39 is 5.82 Å². The molecule has 0 radical (unpaired) electrons. The average molecular weight is 522 g/mol. The predicted molar refractivity (Wildman–Crippen MR) is 147 cm³/mol. The summed E-state index contributed by atoms with van der Waals surface area (Å²) in [6, 6.07) is 13.7. The lowest BCUT2D eigenvalue weighted by atomic mass is 10.0. The lowest BCUT2D eigenvalue weighted by Gasteiger charge is -2.26. The van der Waals surface area contributed by atoms with E-state index >= 15 is 4.39 Å². The third kappa shape index (κ3) is 4.34. The Hall–Kier alpha value is -4.50. The minimum Gasteiger partial charge on any atom is -0.336 e. The number of likely N-dealkylation sites (tertiary alicyclic amines) is 1. The van der Waals surface area contributed by atoms with Gasteiger partial charge in [-0.05, 0) is 73.5 Å². The van der Waals surface area contributed by atoms with E-state index in [1.54, 1.807) is 36.7 Å². The Balaban J connectivity index is 1.29.